The van der Waals surface area contributed by atoms with Crippen LogP contribution < -0.4 is 10.1 Å². The molecule has 2 aromatic carbocycles. The molecule has 0 bridgehead atoms. The minimum atomic E-state index is -3.40. The minimum Gasteiger partial charge on any atom is -0.478 e. The quantitative estimate of drug-likeness (QED) is 0.263. The van der Waals surface area contributed by atoms with Crippen LogP contribution in [-0.2, 0) is 24.1 Å². The third-order valence-corrected chi connectivity index (χ3v) is 10.1. The molecule has 12 nitrogen and oxygen atoms in total. The Morgan fingerprint density at radius 3 is 2.21 bits per heavy atom. The van der Waals surface area contributed by atoms with Gasteiger partial charge < -0.3 is 24.4 Å². The number of aromatic carboxylic acids is 2. The number of carbonyl (C=O) groups is 3. The van der Waals surface area contributed by atoms with Crippen LogP contribution in [0, 0.1) is 0 Å². The number of amides is 1. The zero-order valence-electron chi connectivity index (χ0n) is 21.8. The highest BCUT2D eigenvalue weighted by atomic mass is 35.5. The number of hydrogen-bond donors (Lipinski definition) is 3. The molecule has 1 aliphatic carbocycles. The third-order valence-electron chi connectivity index (χ3n) is 6.65. The summed E-state index contributed by atoms with van der Waals surface area (Å²) in [5.41, 5.74) is -0.437. The molecule has 1 unspecified atom stereocenters. The largest absolute Gasteiger partial charge is 0.478 e. The van der Waals surface area contributed by atoms with E-state index in [9.17, 15) is 33.0 Å². The lowest BCUT2D eigenvalue weighted by molar-refractivity contribution is -0.136. The van der Waals surface area contributed by atoms with E-state index in [-0.39, 0.29) is 32.2 Å². The van der Waals surface area contributed by atoms with Crippen LogP contribution in [0.4, 0.5) is 5.13 Å². The van der Waals surface area contributed by atoms with Gasteiger partial charge in [-0.15, -0.1) is 0 Å². The summed E-state index contributed by atoms with van der Waals surface area (Å²) in [6, 6.07) is 8.26. The maximum absolute atomic E-state index is 13.4. The van der Waals surface area contributed by atoms with Gasteiger partial charge in [-0.1, -0.05) is 35.1 Å². The zero-order valence-corrected chi connectivity index (χ0v) is 24.2. The lowest BCUT2D eigenvalue weighted by atomic mass is 10.1. The molecule has 2 aliphatic rings. The highest BCUT2D eigenvalue weighted by Gasteiger charge is 2.37. The number of ether oxygens (including phenoxy) is 3. The Bertz CT molecular complexity index is 1580. The van der Waals surface area contributed by atoms with Crippen molar-refractivity contribution in [3.05, 3.63) is 64.3 Å². The Balaban J connectivity index is 1.34. The zero-order chi connectivity index (χ0) is 30.0. The van der Waals surface area contributed by atoms with Gasteiger partial charge in [0, 0.05) is 13.2 Å². The Labute approximate surface area is 249 Å². The molecule has 0 spiro atoms. The molecule has 1 atom stereocenters. The van der Waals surface area contributed by atoms with Crippen LogP contribution >= 0.6 is 22.9 Å². The van der Waals surface area contributed by atoms with Crippen LogP contribution in [-0.4, -0.2) is 66.0 Å². The van der Waals surface area contributed by atoms with Gasteiger partial charge in [0.25, 0.3) is 5.91 Å². The lowest BCUT2D eigenvalue weighted by Gasteiger charge is -2.27. The van der Waals surface area contributed by atoms with E-state index in [1.54, 1.807) is 12.1 Å². The van der Waals surface area contributed by atoms with Crippen LogP contribution in [0.2, 0.25) is 5.02 Å². The normalized spacial score (nSPS) is 16.5. The lowest BCUT2D eigenvalue weighted by Crippen LogP contribution is -2.31. The Kier molecular flexibility index (Phi) is 8.80. The Morgan fingerprint density at radius 1 is 1.02 bits per heavy atom. The molecule has 1 saturated carbocycles. The van der Waals surface area contributed by atoms with Crippen LogP contribution in [0.25, 0.3) is 0 Å². The summed E-state index contributed by atoms with van der Waals surface area (Å²) < 4.78 is 42.4. The number of carbonyl (C=O) groups excluding carboxylic acids is 1. The molecule has 42 heavy (non-hydrogen) atoms. The van der Waals surface area contributed by atoms with Crippen LogP contribution in [0.15, 0.2) is 47.5 Å². The number of carboxylic acids is 2. The summed E-state index contributed by atoms with van der Waals surface area (Å²) >= 11 is 6.82. The van der Waals surface area contributed by atoms with E-state index >= 15 is 0 Å². The number of halogens is 1. The molecule has 3 aromatic rings. The van der Waals surface area contributed by atoms with Gasteiger partial charge in [-0.25, -0.2) is 23.0 Å². The molecule has 222 valence electrons. The van der Waals surface area contributed by atoms with Gasteiger partial charge in [0.15, 0.2) is 21.1 Å². The molecule has 3 N–H and O–H groups in total. The van der Waals surface area contributed by atoms with Crippen molar-refractivity contribution >= 4 is 55.8 Å². The molecular weight excluding hydrogens is 612 g/mol. The maximum atomic E-state index is 13.4. The fourth-order valence-corrected chi connectivity index (χ4v) is 6.94. The number of nitrogens with zero attached hydrogens (tertiary/aromatic N) is 1. The number of aromatic nitrogens is 1. The van der Waals surface area contributed by atoms with Crippen molar-refractivity contribution in [2.24, 2.45) is 0 Å². The predicted molar refractivity (Wildman–Crippen MR) is 151 cm³/mol. The summed E-state index contributed by atoms with van der Waals surface area (Å²) in [6.07, 6.45) is 2.40. The monoisotopic (exact) mass is 636 g/mol. The predicted octanol–water partition coefficient (Wildman–Crippen LogP) is 4.80. The van der Waals surface area contributed by atoms with Crippen molar-refractivity contribution < 1.29 is 47.2 Å². The summed E-state index contributed by atoms with van der Waals surface area (Å²) in [6.45, 7) is 0.977. The summed E-state index contributed by atoms with van der Waals surface area (Å²) in [5.74, 6) is -3.51. The highest BCUT2D eigenvalue weighted by molar-refractivity contribution is 7.92. The molecule has 0 radical (unpaired) electrons. The van der Waals surface area contributed by atoms with Gasteiger partial charge in [0.05, 0.1) is 38.6 Å². The number of rotatable bonds is 11. The van der Waals surface area contributed by atoms with Crippen LogP contribution in [0.3, 0.4) is 0 Å². The molecule has 2 fully saturated rings. The molecule has 2 heterocycles. The van der Waals surface area contributed by atoms with Crippen molar-refractivity contribution in [1.82, 2.24) is 4.98 Å². The first-order chi connectivity index (χ1) is 20.0. The van der Waals surface area contributed by atoms with E-state index in [0.29, 0.717) is 44.5 Å². The van der Waals surface area contributed by atoms with Crippen molar-refractivity contribution in [2.45, 2.75) is 48.0 Å². The van der Waals surface area contributed by atoms with Crippen LogP contribution in [0.1, 0.15) is 58.1 Å². The first kappa shape index (κ1) is 29.9. The van der Waals surface area contributed by atoms with E-state index in [4.69, 9.17) is 25.8 Å². The molecule has 1 aromatic heterocycles. The highest BCUT2D eigenvalue weighted by Crippen LogP contribution is 2.36. The van der Waals surface area contributed by atoms with Gasteiger partial charge in [-0.2, -0.15) is 0 Å². The average molecular weight is 637 g/mol. The van der Waals surface area contributed by atoms with Gasteiger partial charge in [-0.05, 0) is 55.5 Å². The Morgan fingerprint density at radius 2 is 1.64 bits per heavy atom. The first-order valence-electron chi connectivity index (χ1n) is 12.8. The number of carboxylic acid groups (broad SMARTS) is 2. The van der Waals surface area contributed by atoms with Gasteiger partial charge in [0.1, 0.15) is 5.75 Å². The number of benzene rings is 2. The molecule has 15 heteroatoms. The molecule has 5 rings (SSSR count). The molecule has 1 aliphatic heterocycles. The first-order valence-corrected chi connectivity index (χ1v) is 15.6. The molecule has 1 saturated heterocycles. The van der Waals surface area contributed by atoms with Gasteiger partial charge in [-0.3, -0.25) is 10.1 Å². The number of hydrogen-bond acceptors (Lipinski definition) is 10. The van der Waals surface area contributed by atoms with E-state index in [1.807, 2.05) is 0 Å². The summed E-state index contributed by atoms with van der Waals surface area (Å²) in [4.78, 5) is 40.8. The summed E-state index contributed by atoms with van der Waals surface area (Å²) in [5, 5.41) is 20.9. The number of nitrogens with one attached hydrogen (secondary N) is 1. The van der Waals surface area contributed by atoms with Gasteiger partial charge in [0.2, 0.25) is 5.06 Å². The average Bonchev–Trinajstić information content (AvgIpc) is 3.74. The van der Waals surface area contributed by atoms with Crippen molar-refractivity contribution in [2.75, 3.05) is 18.5 Å². The Hall–Kier alpha value is -3.56. The fourth-order valence-electron chi connectivity index (χ4n) is 4.32. The van der Waals surface area contributed by atoms with E-state index < -0.39 is 49.9 Å². The van der Waals surface area contributed by atoms with E-state index in [0.717, 1.165) is 23.5 Å². The van der Waals surface area contributed by atoms with Crippen LogP contribution in [0.5, 0.6) is 10.8 Å². The van der Waals surface area contributed by atoms with Crippen molar-refractivity contribution in [3.63, 3.8) is 0 Å². The topological polar surface area (TPSA) is 178 Å². The standard InChI is InChI=1S/C27H25ClN2O10S2/c28-22-19(25(32)33)11-16(12-20(22)26(34)35)39-21-13-29-27(41-21)30-24(31)23(40-15-7-9-38-10-8-15)14-1-3-17(4-2-14)42(36,37)18-5-6-18/h1-4,11-13,15,18,23H,5-10H2,(H,32,33)(H,34,35)(H,29,30,31). The fraction of sp³-hybridized carbons (Fsp3) is 0.333. The van der Waals surface area contributed by atoms with E-state index in [2.05, 4.69) is 10.3 Å². The smallest absolute Gasteiger partial charge is 0.337 e. The second-order valence-corrected chi connectivity index (χ2v) is 13.3. The molecular formula is C27H25ClN2O10S2. The van der Waals surface area contributed by atoms with Crippen molar-refractivity contribution in [1.29, 1.82) is 0 Å². The minimum absolute atomic E-state index is 0.0994. The van der Waals surface area contributed by atoms with Gasteiger partial charge >= 0.3 is 11.9 Å². The SMILES string of the molecule is O=C(O)c1cc(Oc2cnc(NC(=O)C(OC3CCOCC3)c3ccc(S(=O)(=O)C4CC4)cc3)s2)cc(C(=O)O)c1Cl. The second-order valence-electron chi connectivity index (χ2n) is 9.66. The second kappa shape index (κ2) is 12.4. The number of thiazole rings is 1. The van der Waals surface area contributed by atoms with E-state index in [1.165, 1.54) is 18.3 Å². The van der Waals surface area contributed by atoms with Crippen molar-refractivity contribution in [3.8, 4) is 10.8 Å². The summed E-state index contributed by atoms with van der Waals surface area (Å²) in [7, 11) is -3.40. The number of anilines is 1. The number of sulfone groups is 1. The maximum Gasteiger partial charge on any atom is 0.337 e. The third kappa shape index (κ3) is 6.73. The molecule has 1 amide bonds.